The van der Waals surface area contributed by atoms with Crippen LogP contribution in [0.3, 0.4) is 0 Å². The molecule has 6 heteroatoms. The number of halogens is 1. The number of pyridine rings is 1. The van der Waals surface area contributed by atoms with Crippen LogP contribution >= 0.6 is 22.6 Å². The summed E-state index contributed by atoms with van der Waals surface area (Å²) in [7, 11) is 0. The first-order chi connectivity index (χ1) is 11.1. The van der Waals surface area contributed by atoms with Crippen LogP contribution in [0.25, 0.3) is 10.9 Å². The van der Waals surface area contributed by atoms with E-state index in [-0.39, 0.29) is 11.6 Å². The Labute approximate surface area is 146 Å². The molecular formula is C17H12IN3O2. The molecule has 23 heavy (non-hydrogen) atoms. The van der Waals surface area contributed by atoms with Crippen molar-refractivity contribution in [2.24, 2.45) is 0 Å². The van der Waals surface area contributed by atoms with Gasteiger partial charge in [-0.15, -0.1) is 0 Å². The number of hydrazine groups is 1. The molecular weight excluding hydrogens is 405 g/mol. The number of amides is 2. The van der Waals surface area contributed by atoms with Gasteiger partial charge in [0.1, 0.15) is 5.69 Å². The van der Waals surface area contributed by atoms with Gasteiger partial charge in [0.05, 0.1) is 11.1 Å². The van der Waals surface area contributed by atoms with Gasteiger partial charge in [-0.25, -0.2) is 4.98 Å². The fourth-order valence-electron chi connectivity index (χ4n) is 2.08. The lowest BCUT2D eigenvalue weighted by molar-refractivity contribution is 0.0843. The van der Waals surface area contributed by atoms with E-state index in [0.29, 0.717) is 5.56 Å². The minimum atomic E-state index is -0.463. The molecule has 0 unspecified atom stereocenters. The Morgan fingerprint density at radius 1 is 0.826 bits per heavy atom. The van der Waals surface area contributed by atoms with Crippen LogP contribution in [0.1, 0.15) is 20.8 Å². The number of carbonyl (C=O) groups excluding carboxylic acids is 2. The Bertz CT molecular complexity index is 896. The van der Waals surface area contributed by atoms with Gasteiger partial charge in [0, 0.05) is 8.96 Å². The molecule has 2 N–H and O–H groups in total. The Hall–Kier alpha value is -2.48. The molecule has 5 nitrogen and oxygen atoms in total. The van der Waals surface area contributed by atoms with Gasteiger partial charge in [0.25, 0.3) is 11.8 Å². The number of aromatic nitrogens is 1. The highest BCUT2D eigenvalue weighted by Gasteiger charge is 2.12. The quantitative estimate of drug-likeness (QED) is 0.498. The van der Waals surface area contributed by atoms with Crippen LogP contribution in [0.5, 0.6) is 0 Å². The van der Waals surface area contributed by atoms with Gasteiger partial charge in [-0.1, -0.05) is 36.4 Å². The van der Waals surface area contributed by atoms with Crippen molar-refractivity contribution in [2.75, 3.05) is 0 Å². The monoisotopic (exact) mass is 417 g/mol. The molecule has 3 aromatic rings. The molecule has 2 amide bonds. The number of hydrogen-bond donors (Lipinski definition) is 2. The first-order valence-corrected chi connectivity index (χ1v) is 7.94. The fourth-order valence-corrected chi connectivity index (χ4v) is 2.72. The molecule has 0 fully saturated rings. The molecule has 0 atom stereocenters. The highest BCUT2D eigenvalue weighted by molar-refractivity contribution is 14.1. The zero-order valence-corrected chi connectivity index (χ0v) is 14.1. The SMILES string of the molecule is O=C(NNC(=O)c1ccccc1I)c1ccc2ccccc2n1. The van der Waals surface area contributed by atoms with Gasteiger partial charge >= 0.3 is 0 Å². The number of fused-ring (bicyclic) bond motifs is 1. The molecule has 1 heterocycles. The van der Waals surface area contributed by atoms with E-state index in [2.05, 4.69) is 38.4 Å². The van der Waals surface area contributed by atoms with Crippen molar-refractivity contribution in [2.45, 2.75) is 0 Å². The van der Waals surface area contributed by atoms with Crippen molar-refractivity contribution in [1.29, 1.82) is 0 Å². The van der Waals surface area contributed by atoms with Crippen molar-refractivity contribution in [3.8, 4) is 0 Å². The Balaban J connectivity index is 1.71. The van der Waals surface area contributed by atoms with E-state index in [1.54, 1.807) is 18.2 Å². The van der Waals surface area contributed by atoms with Crippen LogP contribution in [0.4, 0.5) is 0 Å². The second kappa shape index (κ2) is 6.74. The number of hydrogen-bond acceptors (Lipinski definition) is 3. The summed E-state index contributed by atoms with van der Waals surface area (Å²) in [6, 6.07) is 18.1. The summed E-state index contributed by atoms with van der Waals surface area (Å²) in [4.78, 5) is 28.5. The highest BCUT2D eigenvalue weighted by Crippen LogP contribution is 2.12. The lowest BCUT2D eigenvalue weighted by atomic mass is 10.2. The van der Waals surface area contributed by atoms with E-state index >= 15 is 0 Å². The average Bonchev–Trinajstić information content (AvgIpc) is 2.59. The van der Waals surface area contributed by atoms with Gasteiger partial charge < -0.3 is 0 Å². The zero-order chi connectivity index (χ0) is 16.2. The molecule has 0 aliphatic heterocycles. The molecule has 0 spiro atoms. The molecule has 0 aliphatic rings. The van der Waals surface area contributed by atoms with Gasteiger partial charge in [-0.05, 0) is 46.9 Å². The summed E-state index contributed by atoms with van der Waals surface area (Å²) in [5.41, 5.74) is 6.26. The van der Waals surface area contributed by atoms with Gasteiger partial charge in [-0.3, -0.25) is 20.4 Å². The summed E-state index contributed by atoms with van der Waals surface area (Å²) in [6.07, 6.45) is 0. The van der Waals surface area contributed by atoms with E-state index in [9.17, 15) is 9.59 Å². The maximum atomic E-state index is 12.1. The van der Waals surface area contributed by atoms with E-state index in [1.807, 2.05) is 42.5 Å². The van der Waals surface area contributed by atoms with E-state index < -0.39 is 5.91 Å². The number of carbonyl (C=O) groups is 2. The third kappa shape index (κ3) is 3.48. The summed E-state index contributed by atoms with van der Waals surface area (Å²) in [5, 5.41) is 0.951. The normalized spacial score (nSPS) is 10.3. The van der Waals surface area contributed by atoms with E-state index in [1.165, 1.54) is 0 Å². The van der Waals surface area contributed by atoms with Crippen molar-refractivity contribution in [3.05, 3.63) is 75.5 Å². The first-order valence-electron chi connectivity index (χ1n) is 6.86. The minimum absolute atomic E-state index is 0.242. The van der Waals surface area contributed by atoms with Crippen molar-refractivity contribution >= 4 is 45.3 Å². The molecule has 2 aromatic carbocycles. The second-order valence-corrected chi connectivity index (χ2v) is 5.94. The first kappa shape index (κ1) is 15.4. The fraction of sp³-hybridized carbons (Fsp3) is 0. The lowest BCUT2D eigenvalue weighted by Gasteiger charge is -2.08. The maximum Gasteiger partial charge on any atom is 0.288 e. The topological polar surface area (TPSA) is 71.1 Å². The van der Waals surface area contributed by atoms with Crippen molar-refractivity contribution in [1.82, 2.24) is 15.8 Å². The van der Waals surface area contributed by atoms with Crippen LogP contribution in [0, 0.1) is 3.57 Å². The molecule has 1 aromatic heterocycles. The van der Waals surface area contributed by atoms with Crippen molar-refractivity contribution in [3.63, 3.8) is 0 Å². The number of rotatable bonds is 2. The van der Waals surface area contributed by atoms with Crippen molar-refractivity contribution < 1.29 is 9.59 Å². The Kier molecular flexibility index (Phi) is 4.52. The third-order valence-electron chi connectivity index (χ3n) is 3.24. The molecule has 0 bridgehead atoms. The predicted octanol–water partition coefficient (Wildman–Crippen LogP) is 2.91. The van der Waals surface area contributed by atoms with Gasteiger partial charge in [0.15, 0.2) is 0 Å². The average molecular weight is 417 g/mol. The van der Waals surface area contributed by atoms with Gasteiger partial charge in [-0.2, -0.15) is 0 Å². The summed E-state index contributed by atoms with van der Waals surface area (Å²) in [6.45, 7) is 0. The molecule has 0 aliphatic carbocycles. The molecule has 114 valence electrons. The van der Waals surface area contributed by atoms with Crippen LogP contribution in [-0.2, 0) is 0 Å². The largest absolute Gasteiger partial charge is 0.288 e. The zero-order valence-electron chi connectivity index (χ0n) is 11.9. The Morgan fingerprint density at radius 3 is 2.35 bits per heavy atom. The maximum absolute atomic E-state index is 12.1. The highest BCUT2D eigenvalue weighted by atomic mass is 127. The summed E-state index contributed by atoms with van der Waals surface area (Å²) < 4.78 is 0.806. The van der Waals surface area contributed by atoms with Crippen LogP contribution < -0.4 is 10.9 Å². The third-order valence-corrected chi connectivity index (χ3v) is 4.18. The minimum Gasteiger partial charge on any atom is -0.267 e. The van der Waals surface area contributed by atoms with Crippen LogP contribution in [0.2, 0.25) is 0 Å². The van der Waals surface area contributed by atoms with Crippen LogP contribution in [0.15, 0.2) is 60.7 Å². The molecule has 0 saturated carbocycles. The standard InChI is InChI=1S/C17H12IN3O2/c18-13-7-3-2-6-12(13)16(22)20-21-17(23)15-10-9-11-5-1-4-8-14(11)19-15/h1-10H,(H,20,22)(H,21,23). The number of nitrogens with zero attached hydrogens (tertiary/aromatic N) is 1. The lowest BCUT2D eigenvalue weighted by Crippen LogP contribution is -2.42. The second-order valence-electron chi connectivity index (χ2n) is 4.78. The molecule has 0 saturated heterocycles. The molecule has 3 rings (SSSR count). The number of nitrogens with one attached hydrogen (secondary N) is 2. The summed E-state index contributed by atoms with van der Waals surface area (Å²) in [5.74, 6) is -0.834. The Morgan fingerprint density at radius 2 is 1.52 bits per heavy atom. The number of para-hydroxylation sites is 1. The van der Waals surface area contributed by atoms with E-state index in [0.717, 1.165) is 14.5 Å². The smallest absolute Gasteiger partial charge is 0.267 e. The number of benzene rings is 2. The van der Waals surface area contributed by atoms with E-state index in [4.69, 9.17) is 0 Å². The molecule has 0 radical (unpaired) electrons. The predicted molar refractivity (Wildman–Crippen MR) is 95.8 cm³/mol. The summed E-state index contributed by atoms with van der Waals surface area (Å²) >= 11 is 2.07. The van der Waals surface area contributed by atoms with Gasteiger partial charge in [0.2, 0.25) is 0 Å². The van der Waals surface area contributed by atoms with Crippen LogP contribution in [-0.4, -0.2) is 16.8 Å².